The van der Waals surface area contributed by atoms with Crippen molar-refractivity contribution in [3.05, 3.63) is 60.2 Å². The van der Waals surface area contributed by atoms with Crippen molar-refractivity contribution in [2.45, 2.75) is 13.3 Å². The van der Waals surface area contributed by atoms with Crippen molar-refractivity contribution >= 4 is 24.0 Å². The van der Waals surface area contributed by atoms with Crippen LogP contribution in [0.25, 0.3) is 22.3 Å². The highest BCUT2D eigenvalue weighted by molar-refractivity contribution is 5.85. The predicted molar refractivity (Wildman–Crippen MR) is 117 cm³/mol. The Hall–Kier alpha value is -2.70. The van der Waals surface area contributed by atoms with E-state index in [1.54, 1.807) is 24.4 Å². The molecule has 29 heavy (non-hydrogen) atoms. The average Bonchev–Trinajstić information content (AvgIpc) is 2.74. The van der Waals surface area contributed by atoms with Gasteiger partial charge in [0.2, 0.25) is 0 Å². The number of ether oxygens (including phenoxy) is 1. The van der Waals surface area contributed by atoms with Gasteiger partial charge < -0.3 is 15.4 Å². The van der Waals surface area contributed by atoms with E-state index in [0.29, 0.717) is 19.0 Å². The highest BCUT2D eigenvalue weighted by Crippen LogP contribution is 2.35. The number of aryl methyl sites for hydroxylation is 1. The van der Waals surface area contributed by atoms with Crippen LogP contribution in [0.2, 0.25) is 0 Å². The third-order valence-corrected chi connectivity index (χ3v) is 5.00. The van der Waals surface area contributed by atoms with Crippen molar-refractivity contribution in [1.82, 2.24) is 9.97 Å². The Bertz CT molecular complexity index is 975. The van der Waals surface area contributed by atoms with Crippen molar-refractivity contribution in [1.29, 1.82) is 0 Å². The van der Waals surface area contributed by atoms with Crippen LogP contribution in [0.1, 0.15) is 12.6 Å². The van der Waals surface area contributed by atoms with Gasteiger partial charge in [0.1, 0.15) is 17.5 Å². The van der Waals surface area contributed by atoms with E-state index >= 15 is 0 Å². The van der Waals surface area contributed by atoms with Crippen molar-refractivity contribution in [2.75, 3.05) is 36.9 Å². The summed E-state index contributed by atoms with van der Waals surface area (Å²) in [5.74, 6) is 1.12. The average molecular weight is 415 g/mol. The molecule has 1 saturated heterocycles. The molecule has 5 nitrogen and oxygen atoms in total. The number of aromatic nitrogens is 2. The maximum absolute atomic E-state index is 14.1. The fraction of sp³-hybridized carbons (Fsp3) is 0.273. The molecule has 0 atom stereocenters. The first kappa shape index (κ1) is 21.0. The lowest BCUT2D eigenvalue weighted by Gasteiger charge is -2.27. The third-order valence-electron chi connectivity index (χ3n) is 5.00. The highest BCUT2D eigenvalue weighted by Gasteiger charge is 2.15. The van der Waals surface area contributed by atoms with Gasteiger partial charge in [-0.1, -0.05) is 13.0 Å². The number of nitrogen functional groups attached to an aromatic ring is 1. The van der Waals surface area contributed by atoms with Gasteiger partial charge in [0.25, 0.3) is 0 Å². The van der Waals surface area contributed by atoms with Crippen LogP contribution >= 0.6 is 12.4 Å². The lowest BCUT2D eigenvalue weighted by Crippen LogP contribution is -2.36. The number of hydrogen-bond donors (Lipinski definition) is 1. The Kier molecular flexibility index (Phi) is 6.67. The minimum Gasteiger partial charge on any atom is -0.384 e. The Morgan fingerprint density at radius 2 is 1.79 bits per heavy atom. The number of nitrogens with two attached hydrogens (primary N) is 1. The number of anilines is 2. The zero-order valence-corrected chi connectivity index (χ0v) is 17.1. The van der Waals surface area contributed by atoms with Gasteiger partial charge in [-0.15, -0.1) is 12.4 Å². The summed E-state index contributed by atoms with van der Waals surface area (Å²) in [5, 5.41) is 0. The fourth-order valence-corrected chi connectivity index (χ4v) is 3.55. The minimum absolute atomic E-state index is 0. The molecule has 7 heteroatoms. The largest absolute Gasteiger partial charge is 0.384 e. The number of hydrogen-bond acceptors (Lipinski definition) is 5. The van der Waals surface area contributed by atoms with E-state index in [1.165, 1.54) is 6.07 Å². The minimum atomic E-state index is -0.280. The first-order valence-corrected chi connectivity index (χ1v) is 9.50. The molecule has 0 amide bonds. The highest BCUT2D eigenvalue weighted by atomic mass is 35.5. The molecule has 1 aliphatic heterocycles. The lowest BCUT2D eigenvalue weighted by molar-refractivity contribution is 0.122. The van der Waals surface area contributed by atoms with Crippen LogP contribution in [0.15, 0.2) is 48.7 Å². The quantitative estimate of drug-likeness (QED) is 0.687. The molecule has 3 heterocycles. The number of nitrogens with zero attached hydrogens (tertiary/aromatic N) is 3. The summed E-state index contributed by atoms with van der Waals surface area (Å²) >= 11 is 0. The number of pyridine rings is 2. The summed E-state index contributed by atoms with van der Waals surface area (Å²) in [4.78, 5) is 11.3. The number of benzene rings is 1. The first-order valence-electron chi connectivity index (χ1n) is 9.50. The molecule has 1 aromatic carbocycles. The molecule has 0 saturated carbocycles. The predicted octanol–water partition coefficient (Wildman–Crippen LogP) is 4.35. The molecule has 1 fully saturated rings. The molecule has 0 bridgehead atoms. The molecule has 0 spiro atoms. The maximum Gasteiger partial charge on any atom is 0.128 e. The van der Waals surface area contributed by atoms with Gasteiger partial charge in [-0.25, -0.2) is 14.4 Å². The Morgan fingerprint density at radius 3 is 2.48 bits per heavy atom. The summed E-state index contributed by atoms with van der Waals surface area (Å²) < 4.78 is 19.5. The second-order valence-electron chi connectivity index (χ2n) is 6.78. The lowest BCUT2D eigenvalue weighted by atomic mass is 9.93. The first-order chi connectivity index (χ1) is 13.7. The Labute approximate surface area is 176 Å². The van der Waals surface area contributed by atoms with E-state index in [1.807, 2.05) is 25.1 Å². The van der Waals surface area contributed by atoms with Gasteiger partial charge in [0, 0.05) is 30.4 Å². The third kappa shape index (κ3) is 4.49. The van der Waals surface area contributed by atoms with Crippen LogP contribution in [0.5, 0.6) is 0 Å². The van der Waals surface area contributed by atoms with E-state index in [2.05, 4.69) is 14.9 Å². The second kappa shape index (κ2) is 9.20. The second-order valence-corrected chi connectivity index (χ2v) is 6.78. The van der Waals surface area contributed by atoms with E-state index in [9.17, 15) is 4.39 Å². The molecule has 152 valence electrons. The number of morpholine rings is 1. The molecule has 4 rings (SSSR count). The molecular formula is C22H24ClFN4O. The molecule has 0 unspecified atom stereocenters. The van der Waals surface area contributed by atoms with Crippen LogP contribution in [-0.2, 0) is 11.2 Å². The summed E-state index contributed by atoms with van der Waals surface area (Å²) in [7, 11) is 0. The van der Waals surface area contributed by atoms with Crippen molar-refractivity contribution in [2.24, 2.45) is 0 Å². The molecular weight excluding hydrogens is 391 g/mol. The number of halogens is 2. The monoisotopic (exact) mass is 414 g/mol. The van der Waals surface area contributed by atoms with Gasteiger partial charge in [0.05, 0.1) is 18.9 Å². The van der Waals surface area contributed by atoms with E-state index in [4.69, 9.17) is 10.5 Å². The Morgan fingerprint density at radius 1 is 1.03 bits per heavy atom. The maximum atomic E-state index is 14.1. The van der Waals surface area contributed by atoms with Gasteiger partial charge in [-0.2, -0.15) is 0 Å². The van der Waals surface area contributed by atoms with E-state index < -0.39 is 0 Å². The van der Waals surface area contributed by atoms with Crippen molar-refractivity contribution < 1.29 is 9.13 Å². The molecule has 0 aliphatic carbocycles. The van der Waals surface area contributed by atoms with Crippen LogP contribution < -0.4 is 10.6 Å². The van der Waals surface area contributed by atoms with Gasteiger partial charge >= 0.3 is 0 Å². The molecule has 3 aromatic rings. The topological polar surface area (TPSA) is 64.3 Å². The molecule has 1 aliphatic rings. The summed E-state index contributed by atoms with van der Waals surface area (Å²) in [6, 6.07) is 12.5. The molecule has 2 N–H and O–H groups in total. The molecule has 2 aromatic heterocycles. The van der Waals surface area contributed by atoms with Crippen LogP contribution in [0, 0.1) is 5.82 Å². The SMILES string of the molecule is CCc1nc(N)ccc1-c1ccc(F)cc1-c1ccc(N2CCOCC2)nc1.Cl. The summed E-state index contributed by atoms with van der Waals surface area (Å²) in [6.45, 7) is 5.11. The van der Waals surface area contributed by atoms with Gasteiger partial charge in [-0.05, 0) is 53.9 Å². The smallest absolute Gasteiger partial charge is 0.128 e. The van der Waals surface area contributed by atoms with E-state index in [-0.39, 0.29) is 18.2 Å². The van der Waals surface area contributed by atoms with Gasteiger partial charge in [0.15, 0.2) is 0 Å². The van der Waals surface area contributed by atoms with E-state index in [0.717, 1.165) is 53.3 Å². The summed E-state index contributed by atoms with van der Waals surface area (Å²) in [6.07, 6.45) is 2.55. The Balaban J connectivity index is 0.00000240. The fourth-order valence-electron chi connectivity index (χ4n) is 3.55. The molecule has 0 radical (unpaired) electrons. The summed E-state index contributed by atoms with van der Waals surface area (Å²) in [5.41, 5.74) is 10.3. The van der Waals surface area contributed by atoms with Crippen molar-refractivity contribution in [3.8, 4) is 22.3 Å². The van der Waals surface area contributed by atoms with Crippen molar-refractivity contribution in [3.63, 3.8) is 0 Å². The standard InChI is InChI=1S/C22H23FN4O.ClH/c1-2-20-18(6-7-21(24)26-20)17-5-4-16(23)13-19(17)15-3-8-22(25-14-15)27-9-11-28-12-10-27;/h3-8,13-14H,2,9-12H2,1H3,(H2,24,26);1H. The van der Waals surface area contributed by atoms with Crippen LogP contribution in [0.4, 0.5) is 16.0 Å². The van der Waals surface area contributed by atoms with Crippen LogP contribution in [-0.4, -0.2) is 36.3 Å². The zero-order chi connectivity index (χ0) is 19.5. The van der Waals surface area contributed by atoms with Crippen LogP contribution in [0.3, 0.4) is 0 Å². The van der Waals surface area contributed by atoms with Gasteiger partial charge in [-0.3, -0.25) is 0 Å². The normalized spacial score (nSPS) is 13.8. The number of rotatable bonds is 4. The zero-order valence-electron chi connectivity index (χ0n) is 16.3.